The minimum Gasteiger partial charge on any atom is -0.469 e. The molecule has 0 radical (unpaired) electrons. The van der Waals surface area contributed by atoms with Gasteiger partial charge in [-0.1, -0.05) is 0 Å². The molecule has 2 N–H and O–H groups in total. The molecule has 0 bridgehead atoms. The molecule has 27 heavy (non-hydrogen) atoms. The van der Waals surface area contributed by atoms with Crippen LogP contribution in [0, 0.1) is 0 Å². The van der Waals surface area contributed by atoms with E-state index in [4.69, 9.17) is 9.47 Å². The van der Waals surface area contributed by atoms with Gasteiger partial charge >= 0.3 is 17.9 Å². The number of anilines is 1. The number of esters is 3. The monoisotopic (exact) mass is 399 g/mol. The van der Waals surface area contributed by atoms with Crippen LogP contribution in [-0.4, -0.2) is 64.8 Å². The minimum atomic E-state index is -0.760. The van der Waals surface area contributed by atoms with Gasteiger partial charge in [-0.15, -0.1) is 11.3 Å². The summed E-state index contributed by atoms with van der Waals surface area (Å²) in [5.41, 5.74) is 0.0902. The fourth-order valence-corrected chi connectivity index (χ4v) is 4.11. The summed E-state index contributed by atoms with van der Waals surface area (Å²) in [5, 5.41) is 2.84. The third-order valence-electron chi connectivity index (χ3n) is 4.29. The molecule has 1 aliphatic heterocycles. The maximum Gasteiger partial charge on any atom is 0.348 e. The van der Waals surface area contributed by atoms with E-state index in [2.05, 4.69) is 10.1 Å². The molecule has 1 amide bonds. The Balaban J connectivity index is 2.38. The van der Waals surface area contributed by atoms with E-state index in [1.165, 1.54) is 21.3 Å². The fourth-order valence-electron chi connectivity index (χ4n) is 2.96. The lowest BCUT2D eigenvalue weighted by Crippen LogP contribution is -3.11. The van der Waals surface area contributed by atoms with Gasteiger partial charge in [-0.25, -0.2) is 9.59 Å². The van der Waals surface area contributed by atoms with Crippen LogP contribution < -0.4 is 10.2 Å². The van der Waals surface area contributed by atoms with Crippen molar-refractivity contribution < 1.29 is 38.3 Å². The maximum absolute atomic E-state index is 12.4. The largest absolute Gasteiger partial charge is 0.469 e. The lowest BCUT2D eigenvalue weighted by atomic mass is 10.1. The lowest BCUT2D eigenvalue weighted by molar-refractivity contribution is -0.878. The van der Waals surface area contributed by atoms with Crippen molar-refractivity contribution in [2.75, 3.05) is 46.3 Å². The quantitative estimate of drug-likeness (QED) is 0.476. The predicted octanol–water partition coefficient (Wildman–Crippen LogP) is -0.346. The zero-order valence-electron chi connectivity index (χ0n) is 15.5. The van der Waals surface area contributed by atoms with Crippen molar-refractivity contribution in [3.8, 4) is 0 Å². The Morgan fingerprint density at radius 2 is 1.63 bits per heavy atom. The highest BCUT2D eigenvalue weighted by atomic mass is 32.1. The van der Waals surface area contributed by atoms with Gasteiger partial charge in [0, 0.05) is 18.4 Å². The zero-order valence-corrected chi connectivity index (χ0v) is 16.3. The molecule has 1 fully saturated rings. The first-order valence-corrected chi connectivity index (χ1v) is 9.25. The first-order valence-electron chi connectivity index (χ1n) is 8.43. The number of carbonyl (C=O) groups excluding carboxylic acids is 4. The molecule has 1 aromatic rings. The summed E-state index contributed by atoms with van der Waals surface area (Å²) in [6.07, 6.45) is 1.82. The number of likely N-dealkylation sites (tertiary alicyclic amines) is 1. The predicted molar refractivity (Wildman–Crippen MR) is 96.1 cm³/mol. The number of methoxy groups -OCH3 is 3. The Morgan fingerprint density at radius 1 is 1.00 bits per heavy atom. The van der Waals surface area contributed by atoms with Crippen LogP contribution in [0.4, 0.5) is 5.00 Å². The summed E-state index contributed by atoms with van der Waals surface area (Å²) in [5.74, 6) is -2.39. The summed E-state index contributed by atoms with van der Waals surface area (Å²) >= 11 is 0.877. The van der Waals surface area contributed by atoms with Gasteiger partial charge in [0.25, 0.3) is 5.91 Å². The van der Waals surface area contributed by atoms with E-state index in [1.54, 1.807) is 0 Å². The molecule has 0 atom stereocenters. The molecule has 148 valence electrons. The Hall–Kier alpha value is -2.46. The third kappa shape index (κ3) is 5.04. The zero-order chi connectivity index (χ0) is 20.0. The SMILES string of the molecule is COC(=O)Cc1c(C(=O)OC)sc(NC(=O)C[NH+]2CCCC2)c1C(=O)OC. The molecule has 0 saturated carbocycles. The number of thiophene rings is 1. The Labute approximate surface area is 160 Å². The van der Waals surface area contributed by atoms with Crippen LogP contribution in [0.15, 0.2) is 0 Å². The first kappa shape index (κ1) is 20.8. The van der Waals surface area contributed by atoms with E-state index in [-0.39, 0.29) is 39.9 Å². The van der Waals surface area contributed by atoms with Gasteiger partial charge in [0.05, 0.1) is 46.4 Å². The van der Waals surface area contributed by atoms with E-state index < -0.39 is 17.9 Å². The average Bonchev–Trinajstić information content (AvgIpc) is 3.28. The highest BCUT2D eigenvalue weighted by Crippen LogP contribution is 2.35. The standard InChI is InChI=1S/C17H22N2O7S/c1-24-12(21)8-10-13(16(22)25-2)15(27-14(10)17(23)26-3)18-11(20)9-19-6-4-5-7-19/h4-9H2,1-3H3,(H,18,20)/p+1. The number of ether oxygens (including phenoxy) is 3. The maximum atomic E-state index is 12.4. The van der Waals surface area contributed by atoms with E-state index in [9.17, 15) is 19.2 Å². The van der Waals surface area contributed by atoms with Crippen LogP contribution in [0.2, 0.25) is 0 Å². The number of nitrogens with one attached hydrogen (secondary N) is 2. The Bertz CT molecular complexity index is 738. The van der Waals surface area contributed by atoms with E-state index >= 15 is 0 Å². The summed E-state index contributed by atoms with van der Waals surface area (Å²) in [4.78, 5) is 49.8. The number of carbonyl (C=O) groups is 4. The van der Waals surface area contributed by atoms with Crippen LogP contribution in [-0.2, 0) is 30.2 Å². The van der Waals surface area contributed by atoms with Crippen molar-refractivity contribution in [3.63, 3.8) is 0 Å². The van der Waals surface area contributed by atoms with Crippen LogP contribution in [0.1, 0.15) is 38.4 Å². The summed E-state index contributed by atoms with van der Waals surface area (Å²) in [6.45, 7) is 2.10. The van der Waals surface area contributed by atoms with Crippen molar-refractivity contribution in [2.45, 2.75) is 19.3 Å². The number of hydrogen-bond donors (Lipinski definition) is 2. The average molecular weight is 399 g/mol. The van der Waals surface area contributed by atoms with Crippen LogP contribution in [0.3, 0.4) is 0 Å². The summed E-state index contributed by atoms with van der Waals surface area (Å²) in [6, 6.07) is 0. The Kier molecular flexibility index (Phi) is 7.31. The van der Waals surface area contributed by atoms with Crippen LogP contribution >= 0.6 is 11.3 Å². The molecule has 0 aliphatic carbocycles. The lowest BCUT2D eigenvalue weighted by Gasteiger charge is -2.12. The van der Waals surface area contributed by atoms with E-state index in [1.807, 2.05) is 0 Å². The van der Waals surface area contributed by atoms with Crippen LogP contribution in [0.5, 0.6) is 0 Å². The smallest absolute Gasteiger partial charge is 0.348 e. The first-order chi connectivity index (χ1) is 12.9. The summed E-state index contributed by atoms with van der Waals surface area (Å²) < 4.78 is 14.2. The van der Waals surface area contributed by atoms with Gasteiger partial charge in [0.2, 0.25) is 0 Å². The highest BCUT2D eigenvalue weighted by molar-refractivity contribution is 7.18. The number of amides is 1. The second kappa shape index (κ2) is 9.47. The van der Waals surface area contributed by atoms with Gasteiger partial charge in [0.1, 0.15) is 9.88 Å². The van der Waals surface area contributed by atoms with Crippen molar-refractivity contribution in [3.05, 3.63) is 16.0 Å². The molecule has 1 aromatic heterocycles. The highest BCUT2D eigenvalue weighted by Gasteiger charge is 2.31. The van der Waals surface area contributed by atoms with Gasteiger partial charge in [0.15, 0.2) is 6.54 Å². The molecular formula is C17H23N2O7S+. The number of quaternary nitrogens is 1. The van der Waals surface area contributed by atoms with Gasteiger partial charge in [-0.2, -0.15) is 0 Å². The van der Waals surface area contributed by atoms with E-state index in [0.29, 0.717) is 0 Å². The Morgan fingerprint density at radius 3 is 2.19 bits per heavy atom. The van der Waals surface area contributed by atoms with Crippen molar-refractivity contribution in [2.24, 2.45) is 0 Å². The fraction of sp³-hybridized carbons (Fsp3) is 0.529. The minimum absolute atomic E-state index is 0.0296. The molecule has 1 aliphatic rings. The third-order valence-corrected chi connectivity index (χ3v) is 5.42. The number of hydrogen-bond acceptors (Lipinski definition) is 8. The molecular weight excluding hydrogens is 376 g/mol. The van der Waals surface area contributed by atoms with Crippen LogP contribution in [0.25, 0.3) is 0 Å². The molecule has 0 aromatic carbocycles. The second-order valence-corrected chi connectivity index (χ2v) is 7.05. The molecule has 1 saturated heterocycles. The van der Waals surface area contributed by atoms with Crippen molar-refractivity contribution >= 4 is 40.2 Å². The second-order valence-electron chi connectivity index (χ2n) is 6.03. The molecule has 2 rings (SSSR count). The van der Waals surface area contributed by atoms with Gasteiger partial charge in [-0.3, -0.25) is 9.59 Å². The summed E-state index contributed by atoms with van der Waals surface area (Å²) in [7, 11) is 3.57. The normalized spacial score (nSPS) is 13.9. The molecule has 9 nitrogen and oxygen atoms in total. The van der Waals surface area contributed by atoms with Crippen molar-refractivity contribution in [1.29, 1.82) is 0 Å². The van der Waals surface area contributed by atoms with Crippen molar-refractivity contribution in [1.82, 2.24) is 0 Å². The van der Waals surface area contributed by atoms with E-state index in [0.717, 1.165) is 42.2 Å². The molecule has 2 heterocycles. The van der Waals surface area contributed by atoms with Gasteiger partial charge in [-0.05, 0) is 0 Å². The number of rotatable bonds is 7. The molecule has 10 heteroatoms. The molecule has 0 spiro atoms. The topological polar surface area (TPSA) is 112 Å². The molecule has 0 unspecified atom stereocenters. The van der Waals surface area contributed by atoms with Gasteiger partial charge < -0.3 is 24.4 Å².